The van der Waals surface area contributed by atoms with Crippen LogP contribution < -0.4 is 4.90 Å². The second kappa shape index (κ2) is 7.79. The first-order valence-electron chi connectivity index (χ1n) is 7.75. The normalized spacial score (nSPS) is 15.2. The Morgan fingerprint density at radius 1 is 1.29 bits per heavy atom. The Morgan fingerprint density at radius 2 is 1.96 bits per heavy atom. The van der Waals surface area contributed by atoms with Crippen molar-refractivity contribution in [2.45, 2.75) is 0 Å². The number of esters is 1. The SMILES string of the molecule is COC(=O)c1ccc(N2C(=O)/C(=C/c3cc([N+](=O)[O-])ccc3O)SC2=S)cc1. The highest BCUT2D eigenvalue weighted by Crippen LogP contribution is 2.37. The number of nitro groups is 1. The molecule has 1 N–H and O–H groups in total. The maximum atomic E-state index is 12.8. The zero-order chi connectivity index (χ0) is 20.4. The number of hydrogen-bond donors (Lipinski definition) is 1. The Balaban J connectivity index is 1.92. The Labute approximate surface area is 168 Å². The Morgan fingerprint density at radius 3 is 2.57 bits per heavy atom. The molecule has 142 valence electrons. The number of thiocarbonyl (C=S) groups is 1. The summed E-state index contributed by atoms with van der Waals surface area (Å²) in [5.41, 5.74) is 0.712. The van der Waals surface area contributed by atoms with Gasteiger partial charge in [0.15, 0.2) is 4.32 Å². The molecule has 0 spiro atoms. The zero-order valence-corrected chi connectivity index (χ0v) is 16.0. The fourth-order valence-corrected chi connectivity index (χ4v) is 3.76. The first kappa shape index (κ1) is 19.5. The van der Waals surface area contributed by atoms with Gasteiger partial charge in [0.1, 0.15) is 5.75 Å². The summed E-state index contributed by atoms with van der Waals surface area (Å²) in [6, 6.07) is 9.67. The molecule has 3 rings (SSSR count). The van der Waals surface area contributed by atoms with Crippen molar-refractivity contribution in [2.24, 2.45) is 0 Å². The van der Waals surface area contributed by atoms with Crippen LogP contribution in [0.5, 0.6) is 5.75 Å². The van der Waals surface area contributed by atoms with Gasteiger partial charge in [-0.05, 0) is 36.4 Å². The van der Waals surface area contributed by atoms with Crippen molar-refractivity contribution >= 4 is 57.6 Å². The van der Waals surface area contributed by atoms with Gasteiger partial charge >= 0.3 is 5.97 Å². The number of non-ortho nitro benzene ring substituents is 1. The van der Waals surface area contributed by atoms with Gasteiger partial charge in [0.2, 0.25) is 0 Å². The average molecular weight is 416 g/mol. The lowest BCUT2D eigenvalue weighted by Gasteiger charge is -2.14. The monoisotopic (exact) mass is 416 g/mol. The second-order valence-corrected chi connectivity index (χ2v) is 7.23. The summed E-state index contributed by atoms with van der Waals surface area (Å²) in [6.45, 7) is 0. The number of hydrogen-bond acceptors (Lipinski definition) is 8. The number of carbonyl (C=O) groups excluding carboxylic acids is 2. The lowest BCUT2D eigenvalue weighted by Crippen LogP contribution is -2.27. The van der Waals surface area contributed by atoms with Crippen LogP contribution in [-0.4, -0.2) is 33.3 Å². The summed E-state index contributed by atoms with van der Waals surface area (Å²) in [7, 11) is 1.27. The first-order chi connectivity index (χ1) is 13.3. The number of thioether (sulfide) groups is 1. The molecule has 1 aliphatic rings. The molecular formula is C18H12N2O6S2. The minimum atomic E-state index is -0.592. The summed E-state index contributed by atoms with van der Waals surface area (Å²) in [6.07, 6.45) is 1.35. The van der Waals surface area contributed by atoms with Crippen molar-refractivity contribution in [3.05, 3.63) is 68.6 Å². The fourth-order valence-electron chi connectivity index (χ4n) is 2.47. The van der Waals surface area contributed by atoms with Crippen LogP contribution in [0.2, 0.25) is 0 Å². The highest BCUT2D eigenvalue weighted by molar-refractivity contribution is 8.27. The number of benzene rings is 2. The summed E-state index contributed by atoms with van der Waals surface area (Å²) < 4.78 is 4.89. The van der Waals surface area contributed by atoms with E-state index in [9.17, 15) is 24.8 Å². The van der Waals surface area contributed by atoms with E-state index >= 15 is 0 Å². The largest absolute Gasteiger partial charge is 0.507 e. The number of carbonyl (C=O) groups is 2. The Kier molecular flexibility index (Phi) is 5.43. The topological polar surface area (TPSA) is 110 Å². The van der Waals surface area contributed by atoms with E-state index in [1.54, 1.807) is 12.1 Å². The molecule has 1 amide bonds. The minimum absolute atomic E-state index is 0.135. The number of ether oxygens (including phenoxy) is 1. The van der Waals surface area contributed by atoms with Gasteiger partial charge < -0.3 is 9.84 Å². The molecule has 2 aromatic carbocycles. The second-order valence-electron chi connectivity index (χ2n) is 5.56. The first-order valence-corrected chi connectivity index (χ1v) is 8.98. The van der Waals surface area contributed by atoms with E-state index in [1.807, 2.05) is 0 Å². The van der Waals surface area contributed by atoms with Gasteiger partial charge in [-0.25, -0.2) is 4.79 Å². The number of nitrogens with zero attached hydrogens (tertiary/aromatic N) is 2. The van der Waals surface area contributed by atoms with E-state index in [-0.39, 0.29) is 26.2 Å². The number of aromatic hydroxyl groups is 1. The van der Waals surface area contributed by atoms with Crippen molar-refractivity contribution in [2.75, 3.05) is 12.0 Å². The minimum Gasteiger partial charge on any atom is -0.507 e. The summed E-state index contributed by atoms with van der Waals surface area (Å²) >= 11 is 6.27. The standard InChI is InChI=1S/C18H12N2O6S2/c1-26-17(23)10-2-4-12(5-3-10)19-16(22)15(28-18(19)27)9-11-8-13(20(24)25)6-7-14(11)21/h2-9,21H,1H3/b15-9-. The predicted molar refractivity (Wildman–Crippen MR) is 108 cm³/mol. The Hall–Kier alpha value is -3.24. The quantitative estimate of drug-likeness (QED) is 0.265. The molecule has 0 atom stereocenters. The van der Waals surface area contributed by atoms with Crippen LogP contribution in [0.1, 0.15) is 15.9 Å². The van der Waals surface area contributed by atoms with E-state index in [0.717, 1.165) is 11.8 Å². The molecule has 10 heteroatoms. The molecule has 0 radical (unpaired) electrons. The summed E-state index contributed by atoms with van der Waals surface area (Å²) in [5.74, 6) is -1.14. The molecule has 0 aromatic heterocycles. The lowest BCUT2D eigenvalue weighted by molar-refractivity contribution is -0.384. The van der Waals surface area contributed by atoms with E-state index in [1.165, 1.54) is 48.4 Å². The third-order valence-electron chi connectivity index (χ3n) is 3.85. The highest BCUT2D eigenvalue weighted by Gasteiger charge is 2.33. The molecule has 0 bridgehead atoms. The number of anilines is 1. The van der Waals surface area contributed by atoms with Crippen LogP contribution >= 0.6 is 24.0 Å². The number of phenols is 1. The summed E-state index contributed by atoms with van der Waals surface area (Å²) in [5, 5.41) is 20.9. The molecular weight excluding hydrogens is 404 g/mol. The zero-order valence-electron chi connectivity index (χ0n) is 14.3. The van der Waals surface area contributed by atoms with Crippen LogP contribution in [0.15, 0.2) is 47.4 Å². The third-order valence-corrected chi connectivity index (χ3v) is 5.15. The average Bonchev–Trinajstić information content (AvgIpc) is 2.96. The molecule has 0 unspecified atom stereocenters. The molecule has 1 saturated heterocycles. The van der Waals surface area contributed by atoms with E-state index in [0.29, 0.717) is 11.3 Å². The van der Waals surface area contributed by atoms with Crippen molar-refractivity contribution in [3.63, 3.8) is 0 Å². The summed E-state index contributed by atoms with van der Waals surface area (Å²) in [4.78, 5) is 36.1. The maximum absolute atomic E-state index is 12.8. The van der Waals surface area contributed by atoms with Crippen molar-refractivity contribution in [1.29, 1.82) is 0 Å². The molecule has 1 heterocycles. The van der Waals surface area contributed by atoms with Gasteiger partial charge in [0.25, 0.3) is 11.6 Å². The highest BCUT2D eigenvalue weighted by atomic mass is 32.2. The number of phenolic OH excluding ortho intramolecular Hbond substituents is 1. The fraction of sp³-hybridized carbons (Fsp3) is 0.0556. The predicted octanol–water partition coefficient (Wildman–Crippen LogP) is 3.49. The van der Waals surface area contributed by atoms with Gasteiger partial charge in [-0.3, -0.25) is 19.8 Å². The van der Waals surface area contributed by atoms with Crippen molar-refractivity contribution in [3.8, 4) is 5.75 Å². The van der Waals surface area contributed by atoms with E-state index in [4.69, 9.17) is 12.2 Å². The molecule has 8 nitrogen and oxygen atoms in total. The van der Waals surface area contributed by atoms with Crippen LogP contribution in [0.3, 0.4) is 0 Å². The van der Waals surface area contributed by atoms with E-state index < -0.39 is 16.8 Å². The molecule has 1 fully saturated rings. The van der Waals surface area contributed by atoms with Gasteiger partial charge in [-0.2, -0.15) is 0 Å². The number of rotatable bonds is 4. The Bertz CT molecular complexity index is 1030. The number of methoxy groups -OCH3 is 1. The van der Waals surface area contributed by atoms with Crippen molar-refractivity contribution < 1.29 is 24.4 Å². The van der Waals surface area contributed by atoms with Crippen LogP contribution in [-0.2, 0) is 9.53 Å². The van der Waals surface area contributed by atoms with Crippen LogP contribution in [0.25, 0.3) is 6.08 Å². The smallest absolute Gasteiger partial charge is 0.337 e. The van der Waals surface area contributed by atoms with E-state index in [2.05, 4.69) is 4.74 Å². The third kappa shape index (κ3) is 3.73. The van der Waals surface area contributed by atoms with Crippen LogP contribution in [0, 0.1) is 10.1 Å². The van der Waals surface area contributed by atoms with Gasteiger partial charge in [0.05, 0.1) is 28.2 Å². The van der Waals surface area contributed by atoms with Gasteiger partial charge in [-0.1, -0.05) is 24.0 Å². The van der Waals surface area contributed by atoms with Crippen LogP contribution in [0.4, 0.5) is 11.4 Å². The maximum Gasteiger partial charge on any atom is 0.337 e. The number of nitro benzene ring substituents is 1. The number of amides is 1. The molecule has 28 heavy (non-hydrogen) atoms. The van der Waals surface area contributed by atoms with Gasteiger partial charge in [0, 0.05) is 17.7 Å². The molecule has 2 aromatic rings. The lowest BCUT2D eigenvalue weighted by atomic mass is 10.1. The molecule has 1 aliphatic heterocycles. The van der Waals surface area contributed by atoms with Crippen molar-refractivity contribution in [1.82, 2.24) is 0 Å². The molecule has 0 saturated carbocycles. The molecule has 0 aliphatic carbocycles. The van der Waals surface area contributed by atoms with Gasteiger partial charge in [-0.15, -0.1) is 0 Å².